The Hall–Kier alpha value is -2.53. The Kier molecular flexibility index (Phi) is 5.33. The molecule has 0 bridgehead atoms. The highest BCUT2D eigenvalue weighted by atomic mass is 32.2. The minimum absolute atomic E-state index is 0.496. The number of thioether (sulfide) groups is 1. The zero-order valence-electron chi connectivity index (χ0n) is 13.6. The van der Waals surface area contributed by atoms with Gasteiger partial charge in [-0.15, -0.1) is 0 Å². The van der Waals surface area contributed by atoms with Crippen LogP contribution < -0.4 is 10.6 Å². The zero-order valence-corrected chi connectivity index (χ0v) is 14.4. The first-order valence-corrected chi connectivity index (χ1v) is 8.98. The largest absolute Gasteiger partial charge is 0.383 e. The summed E-state index contributed by atoms with van der Waals surface area (Å²) < 4.78 is 0. The maximum atomic E-state index is 5.97. The highest BCUT2D eigenvalue weighted by Gasteiger charge is 2.12. The van der Waals surface area contributed by atoms with Gasteiger partial charge in [0, 0.05) is 19.2 Å². The SMILES string of the molecule is CSc1nc(N)cc(N(Cc2ccccc2)Cc2ccccc2)n1. The van der Waals surface area contributed by atoms with Crippen molar-refractivity contribution < 1.29 is 0 Å². The number of nitrogens with zero attached hydrogens (tertiary/aromatic N) is 3. The molecule has 122 valence electrons. The van der Waals surface area contributed by atoms with Gasteiger partial charge < -0.3 is 10.6 Å². The Labute approximate surface area is 146 Å². The lowest BCUT2D eigenvalue weighted by Crippen LogP contribution is -2.23. The van der Waals surface area contributed by atoms with Crippen molar-refractivity contribution in [2.75, 3.05) is 16.9 Å². The van der Waals surface area contributed by atoms with Gasteiger partial charge in [-0.3, -0.25) is 0 Å². The first kappa shape index (κ1) is 16.3. The van der Waals surface area contributed by atoms with Crippen LogP contribution in [0.4, 0.5) is 11.6 Å². The van der Waals surface area contributed by atoms with Gasteiger partial charge in [-0.25, -0.2) is 9.97 Å². The summed E-state index contributed by atoms with van der Waals surface area (Å²) in [5.41, 5.74) is 8.43. The van der Waals surface area contributed by atoms with E-state index in [1.807, 2.05) is 24.5 Å². The van der Waals surface area contributed by atoms with Crippen molar-refractivity contribution >= 4 is 23.4 Å². The maximum Gasteiger partial charge on any atom is 0.191 e. The quantitative estimate of drug-likeness (QED) is 0.545. The Balaban J connectivity index is 1.93. The predicted molar refractivity (Wildman–Crippen MR) is 101 cm³/mol. The van der Waals surface area contributed by atoms with Gasteiger partial charge in [0.05, 0.1) is 0 Å². The van der Waals surface area contributed by atoms with Gasteiger partial charge in [0.2, 0.25) is 0 Å². The standard InChI is InChI=1S/C19H20N4S/c1-24-19-21-17(20)12-18(22-19)23(13-15-8-4-2-5-9-15)14-16-10-6-3-7-11-16/h2-12H,13-14H2,1H3,(H2,20,21,22). The van der Waals surface area contributed by atoms with Crippen molar-refractivity contribution in [1.29, 1.82) is 0 Å². The van der Waals surface area contributed by atoms with E-state index in [0.717, 1.165) is 18.9 Å². The van der Waals surface area contributed by atoms with E-state index in [4.69, 9.17) is 5.73 Å². The summed E-state index contributed by atoms with van der Waals surface area (Å²) in [5, 5.41) is 0.691. The van der Waals surface area contributed by atoms with E-state index in [-0.39, 0.29) is 0 Å². The molecule has 0 aliphatic carbocycles. The predicted octanol–water partition coefficient (Wildman–Crippen LogP) is 3.99. The summed E-state index contributed by atoms with van der Waals surface area (Å²) in [6.07, 6.45) is 1.96. The lowest BCUT2D eigenvalue weighted by Gasteiger charge is -2.24. The van der Waals surface area contributed by atoms with Crippen LogP contribution in [0.1, 0.15) is 11.1 Å². The second kappa shape index (κ2) is 7.84. The molecule has 0 unspecified atom stereocenters. The molecule has 0 radical (unpaired) electrons. The molecule has 5 heteroatoms. The van der Waals surface area contributed by atoms with E-state index in [2.05, 4.69) is 63.4 Å². The van der Waals surface area contributed by atoms with E-state index in [0.29, 0.717) is 11.0 Å². The molecule has 0 aliphatic heterocycles. The molecular formula is C19H20N4S. The van der Waals surface area contributed by atoms with Crippen LogP contribution in [0.2, 0.25) is 0 Å². The van der Waals surface area contributed by atoms with Crippen LogP contribution in [0.5, 0.6) is 0 Å². The Morgan fingerprint density at radius 2 is 1.42 bits per heavy atom. The van der Waals surface area contributed by atoms with Crippen molar-refractivity contribution in [2.45, 2.75) is 18.2 Å². The Morgan fingerprint density at radius 3 is 1.92 bits per heavy atom. The molecule has 3 aromatic rings. The minimum atomic E-state index is 0.496. The third-order valence-electron chi connectivity index (χ3n) is 3.65. The number of nitrogen functional groups attached to an aromatic ring is 1. The summed E-state index contributed by atoms with van der Waals surface area (Å²) >= 11 is 1.50. The molecule has 2 N–H and O–H groups in total. The Bertz CT molecular complexity index is 736. The Morgan fingerprint density at radius 1 is 0.875 bits per heavy atom. The molecule has 3 rings (SSSR count). The van der Waals surface area contributed by atoms with Gasteiger partial charge in [-0.1, -0.05) is 72.4 Å². The molecule has 0 saturated carbocycles. The van der Waals surface area contributed by atoms with Crippen molar-refractivity contribution in [2.24, 2.45) is 0 Å². The van der Waals surface area contributed by atoms with Crippen LogP contribution in [0.15, 0.2) is 71.9 Å². The number of hydrogen-bond donors (Lipinski definition) is 1. The summed E-state index contributed by atoms with van der Waals surface area (Å²) in [7, 11) is 0. The van der Waals surface area contributed by atoms with Crippen LogP contribution in [0.25, 0.3) is 0 Å². The average molecular weight is 336 g/mol. The third-order valence-corrected chi connectivity index (χ3v) is 4.20. The van der Waals surface area contributed by atoms with Gasteiger partial charge in [0.1, 0.15) is 11.6 Å². The summed E-state index contributed by atoms with van der Waals surface area (Å²) in [5.74, 6) is 1.34. The van der Waals surface area contributed by atoms with Crippen molar-refractivity contribution in [3.05, 3.63) is 77.9 Å². The lowest BCUT2D eigenvalue weighted by atomic mass is 10.1. The molecule has 2 aromatic carbocycles. The second-order valence-electron chi connectivity index (χ2n) is 5.46. The fourth-order valence-corrected chi connectivity index (χ4v) is 2.89. The van der Waals surface area contributed by atoms with E-state index in [1.54, 1.807) is 0 Å². The number of aromatic nitrogens is 2. The minimum Gasteiger partial charge on any atom is -0.383 e. The van der Waals surface area contributed by atoms with E-state index in [1.165, 1.54) is 22.9 Å². The van der Waals surface area contributed by atoms with E-state index in [9.17, 15) is 0 Å². The number of anilines is 2. The van der Waals surface area contributed by atoms with Gasteiger partial charge in [-0.2, -0.15) is 0 Å². The van der Waals surface area contributed by atoms with Gasteiger partial charge in [0.15, 0.2) is 5.16 Å². The number of benzene rings is 2. The van der Waals surface area contributed by atoms with Crippen LogP contribution in [0, 0.1) is 0 Å². The first-order chi connectivity index (χ1) is 11.7. The molecule has 0 saturated heterocycles. The fraction of sp³-hybridized carbons (Fsp3) is 0.158. The second-order valence-corrected chi connectivity index (χ2v) is 6.24. The monoisotopic (exact) mass is 336 g/mol. The summed E-state index contributed by atoms with van der Waals surface area (Å²) in [6, 6.07) is 22.6. The smallest absolute Gasteiger partial charge is 0.191 e. The molecule has 1 heterocycles. The third kappa shape index (κ3) is 4.26. The van der Waals surface area contributed by atoms with E-state index >= 15 is 0 Å². The molecule has 0 fully saturated rings. The van der Waals surface area contributed by atoms with Crippen LogP contribution in [-0.2, 0) is 13.1 Å². The van der Waals surface area contributed by atoms with Crippen molar-refractivity contribution in [3.8, 4) is 0 Å². The van der Waals surface area contributed by atoms with Gasteiger partial charge in [-0.05, 0) is 17.4 Å². The molecule has 0 atom stereocenters. The normalized spacial score (nSPS) is 10.5. The lowest BCUT2D eigenvalue weighted by molar-refractivity contribution is 0.768. The highest BCUT2D eigenvalue weighted by Crippen LogP contribution is 2.22. The number of nitrogens with two attached hydrogens (primary N) is 1. The zero-order chi connectivity index (χ0) is 16.8. The number of rotatable bonds is 6. The van der Waals surface area contributed by atoms with Gasteiger partial charge >= 0.3 is 0 Å². The molecule has 0 aliphatic rings. The molecule has 4 nitrogen and oxygen atoms in total. The van der Waals surface area contributed by atoms with Crippen molar-refractivity contribution in [3.63, 3.8) is 0 Å². The number of hydrogen-bond acceptors (Lipinski definition) is 5. The first-order valence-electron chi connectivity index (χ1n) is 7.76. The van der Waals surface area contributed by atoms with E-state index < -0.39 is 0 Å². The summed E-state index contributed by atoms with van der Waals surface area (Å²) in [6.45, 7) is 1.53. The topological polar surface area (TPSA) is 55.0 Å². The van der Waals surface area contributed by atoms with Crippen LogP contribution in [0.3, 0.4) is 0 Å². The van der Waals surface area contributed by atoms with Crippen LogP contribution in [-0.4, -0.2) is 16.2 Å². The average Bonchev–Trinajstić information content (AvgIpc) is 2.62. The molecule has 0 amide bonds. The molecule has 24 heavy (non-hydrogen) atoms. The highest BCUT2D eigenvalue weighted by molar-refractivity contribution is 7.98. The maximum absolute atomic E-state index is 5.97. The van der Waals surface area contributed by atoms with Crippen LogP contribution >= 0.6 is 11.8 Å². The van der Waals surface area contributed by atoms with Gasteiger partial charge in [0.25, 0.3) is 0 Å². The summed E-state index contributed by atoms with van der Waals surface area (Å²) in [4.78, 5) is 11.1. The fourth-order valence-electron chi connectivity index (χ4n) is 2.51. The molecular weight excluding hydrogens is 316 g/mol. The molecule has 1 aromatic heterocycles. The van der Waals surface area contributed by atoms with Crippen molar-refractivity contribution in [1.82, 2.24) is 9.97 Å². The molecule has 0 spiro atoms.